The third-order valence-electron chi connectivity index (χ3n) is 2.53. The Bertz CT molecular complexity index is 325. The predicted octanol–water partition coefficient (Wildman–Crippen LogP) is 2.06. The van der Waals surface area contributed by atoms with E-state index < -0.39 is 11.6 Å². The number of aliphatic hydroxyl groups excluding tert-OH is 1. The number of hydrogen-bond donors (Lipinski definition) is 1. The molecule has 1 fully saturated rings. The second-order valence-electron chi connectivity index (χ2n) is 3.46. The van der Waals surface area contributed by atoms with E-state index in [1.807, 2.05) is 0 Å². The van der Waals surface area contributed by atoms with Crippen molar-refractivity contribution in [1.82, 2.24) is 0 Å². The Morgan fingerprint density at radius 3 is 2.62 bits per heavy atom. The molecule has 0 heterocycles. The molecule has 0 saturated heterocycles. The van der Waals surface area contributed by atoms with E-state index in [4.69, 9.17) is 5.11 Å². The van der Waals surface area contributed by atoms with E-state index in [-0.39, 0.29) is 18.4 Å². The van der Waals surface area contributed by atoms with E-state index in [0.717, 1.165) is 18.1 Å². The largest absolute Gasteiger partial charge is 0.396 e. The molecule has 1 aliphatic rings. The van der Waals surface area contributed by atoms with Gasteiger partial charge in [-0.1, -0.05) is 6.07 Å². The molecule has 0 spiro atoms. The second kappa shape index (κ2) is 3.07. The average molecular weight is 184 g/mol. The Kier molecular flexibility index (Phi) is 2.04. The van der Waals surface area contributed by atoms with E-state index in [2.05, 4.69) is 0 Å². The summed E-state index contributed by atoms with van der Waals surface area (Å²) in [5.41, 5.74) is 0.790. The predicted molar refractivity (Wildman–Crippen MR) is 44.3 cm³/mol. The summed E-state index contributed by atoms with van der Waals surface area (Å²) in [5, 5.41) is 8.79. The molecule has 1 N–H and O–H groups in total. The fraction of sp³-hybridized carbons (Fsp3) is 0.400. The fourth-order valence-electron chi connectivity index (χ4n) is 1.60. The summed E-state index contributed by atoms with van der Waals surface area (Å²) in [4.78, 5) is 0. The van der Waals surface area contributed by atoms with Gasteiger partial charge in [-0.2, -0.15) is 0 Å². The Balaban J connectivity index is 2.19. The molecule has 0 aliphatic heterocycles. The topological polar surface area (TPSA) is 20.2 Å². The van der Waals surface area contributed by atoms with Crippen LogP contribution in [-0.4, -0.2) is 11.7 Å². The van der Waals surface area contributed by atoms with E-state index in [1.54, 1.807) is 6.07 Å². The summed E-state index contributed by atoms with van der Waals surface area (Å²) in [6, 6.07) is 3.94. The maximum atomic E-state index is 12.8. The lowest BCUT2D eigenvalue weighted by Crippen LogP contribution is -1.91. The minimum Gasteiger partial charge on any atom is -0.396 e. The average Bonchev–Trinajstić information content (AvgIpc) is 2.88. The first-order valence-electron chi connectivity index (χ1n) is 4.28. The zero-order chi connectivity index (χ0) is 9.42. The molecule has 1 nitrogen and oxygen atoms in total. The van der Waals surface area contributed by atoms with Crippen LogP contribution >= 0.6 is 0 Å². The molecule has 70 valence electrons. The van der Waals surface area contributed by atoms with Gasteiger partial charge >= 0.3 is 0 Å². The fourth-order valence-corrected chi connectivity index (χ4v) is 1.60. The minimum absolute atomic E-state index is 0.129. The number of hydrogen-bond acceptors (Lipinski definition) is 1. The van der Waals surface area contributed by atoms with E-state index in [1.165, 1.54) is 6.07 Å². The van der Waals surface area contributed by atoms with Crippen molar-refractivity contribution in [3.63, 3.8) is 0 Å². The van der Waals surface area contributed by atoms with Crippen LogP contribution in [0.25, 0.3) is 0 Å². The van der Waals surface area contributed by atoms with Crippen LogP contribution < -0.4 is 0 Å². The quantitative estimate of drug-likeness (QED) is 0.745. The molecule has 13 heavy (non-hydrogen) atoms. The third kappa shape index (κ3) is 1.56. The molecule has 1 aromatic rings. The second-order valence-corrected chi connectivity index (χ2v) is 3.46. The standard InChI is InChI=1S/C10H10F2O/c11-9-2-1-6(4-10(9)12)8-3-7(8)5-13/h1-2,4,7-8,13H,3,5H2/t7-,8+/m1/s1. The van der Waals surface area contributed by atoms with Gasteiger partial charge in [0.25, 0.3) is 0 Å². The lowest BCUT2D eigenvalue weighted by molar-refractivity contribution is 0.274. The Morgan fingerprint density at radius 1 is 1.31 bits per heavy atom. The maximum absolute atomic E-state index is 12.8. The molecule has 2 atom stereocenters. The molecule has 1 saturated carbocycles. The van der Waals surface area contributed by atoms with Crippen LogP contribution in [0, 0.1) is 17.6 Å². The maximum Gasteiger partial charge on any atom is 0.159 e. The highest BCUT2D eigenvalue weighted by Gasteiger charge is 2.37. The summed E-state index contributed by atoms with van der Waals surface area (Å²) < 4.78 is 25.3. The number of benzene rings is 1. The van der Waals surface area contributed by atoms with Crippen molar-refractivity contribution in [2.24, 2.45) is 5.92 Å². The Labute approximate surface area is 75.0 Å². The van der Waals surface area contributed by atoms with Crippen LogP contribution in [0.1, 0.15) is 17.9 Å². The molecule has 2 rings (SSSR count). The molecule has 0 bridgehead atoms. The van der Waals surface area contributed by atoms with Crippen LogP contribution in [0.4, 0.5) is 8.78 Å². The van der Waals surface area contributed by atoms with Gasteiger partial charge in [0.05, 0.1) is 0 Å². The monoisotopic (exact) mass is 184 g/mol. The van der Waals surface area contributed by atoms with Crippen LogP contribution in [0.15, 0.2) is 18.2 Å². The van der Waals surface area contributed by atoms with Gasteiger partial charge in [-0.05, 0) is 36.0 Å². The molecule has 3 heteroatoms. The van der Waals surface area contributed by atoms with Crippen LogP contribution in [0.3, 0.4) is 0 Å². The van der Waals surface area contributed by atoms with Crippen molar-refractivity contribution in [1.29, 1.82) is 0 Å². The summed E-state index contributed by atoms with van der Waals surface area (Å²) in [6.07, 6.45) is 0.877. The first-order valence-corrected chi connectivity index (χ1v) is 4.28. The van der Waals surface area contributed by atoms with Crippen molar-refractivity contribution < 1.29 is 13.9 Å². The molecule has 1 aromatic carbocycles. The highest BCUT2D eigenvalue weighted by molar-refractivity contribution is 5.27. The molecule has 1 aliphatic carbocycles. The number of rotatable bonds is 2. The highest BCUT2D eigenvalue weighted by Crippen LogP contribution is 2.47. The Morgan fingerprint density at radius 2 is 2.08 bits per heavy atom. The molecule has 0 unspecified atom stereocenters. The van der Waals surface area contributed by atoms with Gasteiger partial charge in [0, 0.05) is 6.61 Å². The van der Waals surface area contributed by atoms with Crippen molar-refractivity contribution in [3.05, 3.63) is 35.4 Å². The van der Waals surface area contributed by atoms with E-state index >= 15 is 0 Å². The van der Waals surface area contributed by atoms with Gasteiger partial charge in [-0.3, -0.25) is 0 Å². The lowest BCUT2D eigenvalue weighted by atomic mass is 10.1. The van der Waals surface area contributed by atoms with Crippen LogP contribution in [-0.2, 0) is 0 Å². The SMILES string of the molecule is OC[C@H]1C[C@H]1c1ccc(F)c(F)c1. The first-order chi connectivity index (χ1) is 6.22. The lowest BCUT2D eigenvalue weighted by Gasteiger charge is -1.99. The van der Waals surface area contributed by atoms with Crippen molar-refractivity contribution in [2.45, 2.75) is 12.3 Å². The van der Waals surface area contributed by atoms with Gasteiger partial charge < -0.3 is 5.11 Å². The number of halogens is 2. The summed E-state index contributed by atoms with van der Waals surface area (Å²) >= 11 is 0. The zero-order valence-corrected chi connectivity index (χ0v) is 7.00. The first kappa shape index (κ1) is 8.63. The van der Waals surface area contributed by atoms with Crippen molar-refractivity contribution in [2.75, 3.05) is 6.61 Å². The van der Waals surface area contributed by atoms with Crippen molar-refractivity contribution >= 4 is 0 Å². The van der Waals surface area contributed by atoms with Crippen molar-refractivity contribution in [3.8, 4) is 0 Å². The van der Waals surface area contributed by atoms with E-state index in [9.17, 15) is 8.78 Å². The van der Waals surface area contributed by atoms with Gasteiger partial charge in [0.15, 0.2) is 11.6 Å². The third-order valence-corrected chi connectivity index (χ3v) is 2.53. The van der Waals surface area contributed by atoms with E-state index in [0.29, 0.717) is 0 Å². The summed E-state index contributed by atoms with van der Waals surface area (Å²) in [7, 11) is 0. The molecular weight excluding hydrogens is 174 g/mol. The van der Waals surface area contributed by atoms with Gasteiger partial charge in [-0.25, -0.2) is 8.78 Å². The smallest absolute Gasteiger partial charge is 0.159 e. The minimum atomic E-state index is -0.815. The molecule has 0 radical (unpaired) electrons. The zero-order valence-electron chi connectivity index (χ0n) is 7.00. The summed E-state index contributed by atoms with van der Waals surface area (Å²) in [6.45, 7) is 0.129. The van der Waals surface area contributed by atoms with Crippen LogP contribution in [0.5, 0.6) is 0 Å². The molecule has 0 aromatic heterocycles. The normalized spacial score (nSPS) is 26.1. The molecular formula is C10H10F2O. The van der Waals surface area contributed by atoms with Gasteiger partial charge in [-0.15, -0.1) is 0 Å². The van der Waals surface area contributed by atoms with Crippen LogP contribution in [0.2, 0.25) is 0 Å². The molecule has 0 amide bonds. The van der Waals surface area contributed by atoms with Gasteiger partial charge in [0.2, 0.25) is 0 Å². The number of aliphatic hydroxyl groups is 1. The Hall–Kier alpha value is -0.960. The summed E-state index contributed by atoms with van der Waals surface area (Å²) in [5.74, 6) is -1.16. The highest BCUT2D eigenvalue weighted by atomic mass is 19.2. The van der Waals surface area contributed by atoms with Gasteiger partial charge in [0.1, 0.15) is 0 Å².